The van der Waals surface area contributed by atoms with Gasteiger partial charge in [-0.05, 0) is 19.1 Å². The molecule has 1 aromatic carbocycles. The molecular formula is C11H10ClNO5. The number of benzene rings is 1. The van der Waals surface area contributed by atoms with Crippen LogP contribution < -0.4 is 0 Å². The van der Waals surface area contributed by atoms with Crippen molar-refractivity contribution in [3.05, 3.63) is 38.9 Å². The molecule has 0 saturated heterocycles. The molecule has 0 aromatic heterocycles. The van der Waals surface area contributed by atoms with E-state index < -0.39 is 22.6 Å². The Morgan fingerprint density at radius 1 is 1.44 bits per heavy atom. The number of nitro benzene ring substituents is 1. The van der Waals surface area contributed by atoms with Gasteiger partial charge in [-0.3, -0.25) is 19.7 Å². The van der Waals surface area contributed by atoms with Crippen molar-refractivity contribution >= 4 is 29.0 Å². The SMILES string of the molecule is COC(=O)C(C(C)=O)c1ccc(Cl)cc1[N+](=O)[O-]. The predicted molar refractivity (Wildman–Crippen MR) is 63.5 cm³/mol. The zero-order valence-electron chi connectivity index (χ0n) is 9.68. The molecule has 0 fully saturated rings. The van der Waals surface area contributed by atoms with Crippen LogP contribution >= 0.6 is 11.6 Å². The Morgan fingerprint density at radius 3 is 2.50 bits per heavy atom. The second-order valence-electron chi connectivity index (χ2n) is 3.53. The Hall–Kier alpha value is -1.95. The van der Waals surface area contributed by atoms with E-state index >= 15 is 0 Å². The third-order valence-corrected chi connectivity index (χ3v) is 2.58. The monoisotopic (exact) mass is 271 g/mol. The average molecular weight is 272 g/mol. The van der Waals surface area contributed by atoms with E-state index in [4.69, 9.17) is 11.6 Å². The first kappa shape index (κ1) is 14.1. The number of methoxy groups -OCH3 is 1. The summed E-state index contributed by atoms with van der Waals surface area (Å²) >= 11 is 5.65. The lowest BCUT2D eigenvalue weighted by Crippen LogP contribution is -2.22. The molecule has 0 aliphatic rings. The van der Waals surface area contributed by atoms with E-state index in [1.807, 2.05) is 0 Å². The second-order valence-corrected chi connectivity index (χ2v) is 3.96. The molecule has 18 heavy (non-hydrogen) atoms. The van der Waals surface area contributed by atoms with Crippen molar-refractivity contribution in [1.29, 1.82) is 0 Å². The van der Waals surface area contributed by atoms with E-state index in [2.05, 4.69) is 4.74 Å². The van der Waals surface area contributed by atoms with Crippen LogP contribution in [0.1, 0.15) is 18.4 Å². The Bertz CT molecular complexity index is 514. The topological polar surface area (TPSA) is 86.5 Å². The number of nitrogens with zero attached hydrogens (tertiary/aromatic N) is 1. The normalized spacial score (nSPS) is 11.7. The summed E-state index contributed by atoms with van der Waals surface area (Å²) in [5.74, 6) is -2.69. The molecule has 0 N–H and O–H groups in total. The number of carbonyl (C=O) groups is 2. The zero-order valence-corrected chi connectivity index (χ0v) is 10.4. The first-order valence-electron chi connectivity index (χ1n) is 4.90. The number of rotatable bonds is 4. The van der Waals surface area contributed by atoms with Crippen LogP contribution in [-0.2, 0) is 14.3 Å². The van der Waals surface area contributed by atoms with Crippen LogP contribution in [0.15, 0.2) is 18.2 Å². The van der Waals surface area contributed by atoms with Crippen molar-refractivity contribution in [1.82, 2.24) is 0 Å². The fraction of sp³-hybridized carbons (Fsp3) is 0.273. The fourth-order valence-corrected chi connectivity index (χ4v) is 1.72. The van der Waals surface area contributed by atoms with Crippen LogP contribution in [0.4, 0.5) is 5.69 Å². The molecule has 1 aromatic rings. The average Bonchev–Trinajstić information content (AvgIpc) is 2.30. The molecule has 0 bridgehead atoms. The molecule has 0 aliphatic heterocycles. The first-order chi connectivity index (χ1) is 8.38. The molecule has 0 spiro atoms. The fourth-order valence-electron chi connectivity index (χ4n) is 1.55. The number of esters is 1. The number of nitro groups is 1. The van der Waals surface area contributed by atoms with Crippen LogP contribution in [0, 0.1) is 10.1 Å². The molecule has 0 heterocycles. The number of carbonyl (C=O) groups excluding carboxylic acids is 2. The minimum Gasteiger partial charge on any atom is -0.468 e. The maximum atomic E-state index is 11.5. The molecule has 1 atom stereocenters. The molecule has 0 saturated carbocycles. The Labute approximate surface area is 108 Å². The van der Waals surface area contributed by atoms with Gasteiger partial charge in [-0.25, -0.2) is 0 Å². The highest BCUT2D eigenvalue weighted by Crippen LogP contribution is 2.30. The van der Waals surface area contributed by atoms with Crippen LogP contribution in [0.5, 0.6) is 0 Å². The number of ketones is 1. The number of hydrogen-bond acceptors (Lipinski definition) is 5. The lowest BCUT2D eigenvalue weighted by Gasteiger charge is -2.12. The van der Waals surface area contributed by atoms with Gasteiger partial charge >= 0.3 is 5.97 Å². The lowest BCUT2D eigenvalue weighted by atomic mass is 9.94. The van der Waals surface area contributed by atoms with E-state index in [-0.39, 0.29) is 16.3 Å². The third kappa shape index (κ3) is 2.84. The van der Waals surface area contributed by atoms with Crippen LogP contribution in [0.3, 0.4) is 0 Å². The molecule has 96 valence electrons. The van der Waals surface area contributed by atoms with Gasteiger partial charge in [-0.2, -0.15) is 0 Å². The summed E-state index contributed by atoms with van der Waals surface area (Å²) in [6.45, 7) is 1.17. The summed E-state index contributed by atoms with van der Waals surface area (Å²) in [6, 6.07) is 3.75. The van der Waals surface area contributed by atoms with Gasteiger partial charge in [0.25, 0.3) is 5.69 Å². The summed E-state index contributed by atoms with van der Waals surface area (Å²) in [7, 11) is 1.11. The van der Waals surface area contributed by atoms with E-state index in [1.165, 1.54) is 19.1 Å². The standard InChI is InChI=1S/C11H10ClNO5/c1-6(14)10(11(15)18-2)8-4-3-7(12)5-9(8)13(16)17/h3-5,10H,1-2H3. The molecule has 6 nitrogen and oxygen atoms in total. The Morgan fingerprint density at radius 2 is 2.06 bits per heavy atom. The largest absolute Gasteiger partial charge is 0.468 e. The molecule has 0 radical (unpaired) electrons. The summed E-state index contributed by atoms with van der Waals surface area (Å²) in [4.78, 5) is 33.2. The molecule has 0 aliphatic carbocycles. The van der Waals surface area contributed by atoms with Crippen molar-refractivity contribution in [3.63, 3.8) is 0 Å². The predicted octanol–water partition coefficient (Wildman–Crippen LogP) is 2.09. The highest BCUT2D eigenvalue weighted by atomic mass is 35.5. The van der Waals surface area contributed by atoms with Crippen molar-refractivity contribution in [2.75, 3.05) is 7.11 Å². The smallest absolute Gasteiger partial charge is 0.320 e. The van der Waals surface area contributed by atoms with Crippen molar-refractivity contribution in [2.45, 2.75) is 12.8 Å². The Balaban J connectivity index is 3.41. The molecule has 1 unspecified atom stereocenters. The molecular weight excluding hydrogens is 262 g/mol. The second kappa shape index (κ2) is 5.59. The summed E-state index contributed by atoms with van der Waals surface area (Å²) in [5.41, 5.74) is -0.406. The maximum absolute atomic E-state index is 11.5. The van der Waals surface area contributed by atoms with E-state index in [1.54, 1.807) is 0 Å². The third-order valence-electron chi connectivity index (χ3n) is 2.34. The molecule has 1 rings (SSSR count). The van der Waals surface area contributed by atoms with Gasteiger partial charge in [-0.15, -0.1) is 0 Å². The Kier molecular flexibility index (Phi) is 4.38. The maximum Gasteiger partial charge on any atom is 0.320 e. The number of halogens is 1. The number of hydrogen-bond donors (Lipinski definition) is 0. The van der Waals surface area contributed by atoms with Gasteiger partial charge in [0, 0.05) is 11.1 Å². The minimum atomic E-state index is -1.31. The van der Waals surface area contributed by atoms with E-state index in [0.29, 0.717) is 0 Å². The highest BCUT2D eigenvalue weighted by molar-refractivity contribution is 6.30. The summed E-state index contributed by atoms with van der Waals surface area (Å²) in [6.07, 6.45) is 0. The van der Waals surface area contributed by atoms with Crippen LogP contribution in [0.2, 0.25) is 5.02 Å². The van der Waals surface area contributed by atoms with E-state index in [0.717, 1.165) is 13.2 Å². The summed E-state index contributed by atoms with van der Waals surface area (Å²) < 4.78 is 4.48. The van der Waals surface area contributed by atoms with Gasteiger partial charge in [0.05, 0.1) is 17.6 Å². The number of ether oxygens (including phenoxy) is 1. The van der Waals surface area contributed by atoms with Crippen molar-refractivity contribution < 1.29 is 19.2 Å². The first-order valence-corrected chi connectivity index (χ1v) is 5.28. The quantitative estimate of drug-likeness (QED) is 0.362. The minimum absolute atomic E-state index is 0.0243. The van der Waals surface area contributed by atoms with Gasteiger partial charge in [0.15, 0.2) is 0 Å². The lowest BCUT2D eigenvalue weighted by molar-refractivity contribution is -0.385. The number of Topliss-reactive ketones (excluding diaryl/α,β-unsaturated/α-hetero) is 1. The zero-order chi connectivity index (χ0) is 13.9. The van der Waals surface area contributed by atoms with Gasteiger partial charge in [-0.1, -0.05) is 11.6 Å². The van der Waals surface area contributed by atoms with Gasteiger partial charge < -0.3 is 4.74 Å². The van der Waals surface area contributed by atoms with Crippen LogP contribution in [0.25, 0.3) is 0 Å². The van der Waals surface area contributed by atoms with Crippen molar-refractivity contribution in [2.24, 2.45) is 0 Å². The molecule has 7 heteroatoms. The summed E-state index contributed by atoms with van der Waals surface area (Å²) in [5, 5.41) is 11.0. The van der Waals surface area contributed by atoms with Crippen LogP contribution in [-0.4, -0.2) is 23.8 Å². The van der Waals surface area contributed by atoms with Crippen molar-refractivity contribution in [3.8, 4) is 0 Å². The van der Waals surface area contributed by atoms with Gasteiger partial charge in [0.1, 0.15) is 11.7 Å². The molecule has 0 amide bonds. The van der Waals surface area contributed by atoms with E-state index in [9.17, 15) is 19.7 Å². The highest BCUT2D eigenvalue weighted by Gasteiger charge is 2.32. The van der Waals surface area contributed by atoms with Gasteiger partial charge in [0.2, 0.25) is 0 Å².